The van der Waals surface area contributed by atoms with Gasteiger partial charge in [-0.3, -0.25) is 4.79 Å². The molecular weight excluding hydrogens is 288 g/mol. The number of nitrogens with one attached hydrogen (secondary N) is 1. The quantitative estimate of drug-likeness (QED) is 0.902. The van der Waals surface area contributed by atoms with Gasteiger partial charge in [-0.1, -0.05) is 18.2 Å². The molecule has 2 heterocycles. The molecule has 1 aromatic carbocycles. The molecule has 2 atom stereocenters. The van der Waals surface area contributed by atoms with Gasteiger partial charge >= 0.3 is 0 Å². The lowest BCUT2D eigenvalue weighted by Gasteiger charge is -2.26. The Labute approximate surface area is 126 Å². The molecule has 0 bridgehead atoms. The van der Waals surface area contributed by atoms with E-state index in [9.17, 15) is 4.79 Å². The Morgan fingerprint density at radius 2 is 2.14 bits per heavy atom. The van der Waals surface area contributed by atoms with Crippen LogP contribution in [0.4, 0.5) is 0 Å². The van der Waals surface area contributed by atoms with Crippen LogP contribution in [0.2, 0.25) is 0 Å². The van der Waals surface area contributed by atoms with Crippen LogP contribution in [0.15, 0.2) is 41.8 Å². The molecule has 3 rings (SSSR count). The highest BCUT2D eigenvalue weighted by atomic mass is 32.1. The van der Waals surface area contributed by atoms with Gasteiger partial charge in [0.05, 0.1) is 6.54 Å². The number of carbonyl (C=O) groups is 1. The third-order valence-corrected chi connectivity index (χ3v) is 4.16. The Balaban J connectivity index is 1.53. The standard InChI is InChI=1S/C15H16N2O3S/c16-14(13-6-3-7-21-13)15(18)17-8-10-9-19-11-4-1-2-5-12(11)20-10/h1-7,10,14H,8-9,16H2,(H,17,18). The number of para-hydroxylation sites is 2. The SMILES string of the molecule is NC(C(=O)NCC1COc2ccccc2O1)c1cccs1. The third-order valence-electron chi connectivity index (χ3n) is 3.20. The molecule has 2 aromatic rings. The summed E-state index contributed by atoms with van der Waals surface area (Å²) >= 11 is 1.47. The maximum atomic E-state index is 12.0. The Kier molecular flexibility index (Phi) is 4.08. The number of hydrogen-bond acceptors (Lipinski definition) is 5. The lowest BCUT2D eigenvalue weighted by atomic mass is 10.2. The molecule has 0 saturated carbocycles. The first kappa shape index (κ1) is 13.9. The fraction of sp³-hybridized carbons (Fsp3) is 0.267. The van der Waals surface area contributed by atoms with E-state index in [1.165, 1.54) is 11.3 Å². The summed E-state index contributed by atoms with van der Waals surface area (Å²) in [5.74, 6) is 1.22. The number of carbonyl (C=O) groups excluding carboxylic acids is 1. The molecule has 0 saturated heterocycles. The van der Waals surface area contributed by atoms with Crippen molar-refractivity contribution in [1.82, 2.24) is 5.32 Å². The van der Waals surface area contributed by atoms with Gasteiger partial charge in [-0.15, -0.1) is 11.3 Å². The summed E-state index contributed by atoms with van der Waals surface area (Å²) in [6.45, 7) is 0.776. The summed E-state index contributed by atoms with van der Waals surface area (Å²) in [5.41, 5.74) is 5.90. The minimum Gasteiger partial charge on any atom is -0.486 e. The lowest BCUT2D eigenvalue weighted by Crippen LogP contribution is -2.43. The molecule has 0 radical (unpaired) electrons. The molecule has 2 unspecified atom stereocenters. The number of thiophene rings is 1. The zero-order chi connectivity index (χ0) is 14.7. The van der Waals surface area contributed by atoms with Crippen molar-refractivity contribution in [3.63, 3.8) is 0 Å². The molecule has 1 aliphatic heterocycles. The van der Waals surface area contributed by atoms with Gasteiger partial charge in [0.1, 0.15) is 18.8 Å². The summed E-state index contributed by atoms with van der Waals surface area (Å²) in [5, 5.41) is 4.71. The molecular formula is C15H16N2O3S. The Hall–Kier alpha value is -2.05. The predicted molar refractivity (Wildman–Crippen MR) is 80.6 cm³/mol. The second-order valence-corrected chi connectivity index (χ2v) is 5.72. The van der Waals surface area contributed by atoms with Gasteiger partial charge in [-0.05, 0) is 23.6 Å². The molecule has 1 amide bonds. The highest BCUT2D eigenvalue weighted by Crippen LogP contribution is 2.30. The zero-order valence-corrected chi connectivity index (χ0v) is 12.1. The fourth-order valence-corrected chi connectivity index (χ4v) is 2.81. The molecule has 1 aliphatic rings. The van der Waals surface area contributed by atoms with E-state index in [-0.39, 0.29) is 12.0 Å². The number of fused-ring (bicyclic) bond motifs is 1. The van der Waals surface area contributed by atoms with Gasteiger partial charge in [0.2, 0.25) is 5.91 Å². The minimum absolute atomic E-state index is 0.208. The summed E-state index contributed by atoms with van der Waals surface area (Å²) in [6.07, 6.45) is -0.209. The van der Waals surface area contributed by atoms with E-state index in [2.05, 4.69) is 5.32 Å². The van der Waals surface area contributed by atoms with Crippen LogP contribution in [-0.2, 0) is 4.79 Å². The van der Waals surface area contributed by atoms with Crippen LogP contribution in [0, 0.1) is 0 Å². The number of amides is 1. The van der Waals surface area contributed by atoms with Gasteiger partial charge in [0.15, 0.2) is 11.5 Å². The van der Waals surface area contributed by atoms with E-state index in [1.807, 2.05) is 41.8 Å². The van der Waals surface area contributed by atoms with Crippen LogP contribution in [0.1, 0.15) is 10.9 Å². The van der Waals surface area contributed by atoms with Gasteiger partial charge < -0.3 is 20.5 Å². The van der Waals surface area contributed by atoms with Crippen LogP contribution >= 0.6 is 11.3 Å². The minimum atomic E-state index is -0.637. The topological polar surface area (TPSA) is 73.6 Å². The van der Waals surface area contributed by atoms with E-state index in [4.69, 9.17) is 15.2 Å². The van der Waals surface area contributed by atoms with E-state index >= 15 is 0 Å². The molecule has 0 aliphatic carbocycles. The maximum Gasteiger partial charge on any atom is 0.242 e. The van der Waals surface area contributed by atoms with Crippen molar-refractivity contribution in [2.24, 2.45) is 5.73 Å². The summed E-state index contributed by atoms with van der Waals surface area (Å²) in [4.78, 5) is 12.8. The van der Waals surface area contributed by atoms with Crippen LogP contribution in [0.25, 0.3) is 0 Å². The predicted octanol–water partition coefficient (Wildman–Crippen LogP) is 1.70. The molecule has 0 fully saturated rings. The van der Waals surface area contributed by atoms with Crippen LogP contribution in [0.5, 0.6) is 11.5 Å². The summed E-state index contributed by atoms with van der Waals surface area (Å²) < 4.78 is 11.4. The Morgan fingerprint density at radius 3 is 2.90 bits per heavy atom. The van der Waals surface area contributed by atoms with Crippen LogP contribution in [0.3, 0.4) is 0 Å². The Morgan fingerprint density at radius 1 is 1.33 bits per heavy atom. The van der Waals surface area contributed by atoms with Crippen molar-refractivity contribution < 1.29 is 14.3 Å². The normalized spacial score (nSPS) is 18.0. The number of nitrogens with two attached hydrogens (primary N) is 1. The lowest BCUT2D eigenvalue weighted by molar-refractivity contribution is -0.122. The number of ether oxygens (including phenoxy) is 2. The first-order chi connectivity index (χ1) is 10.2. The first-order valence-corrected chi connectivity index (χ1v) is 7.57. The average molecular weight is 304 g/mol. The fourth-order valence-electron chi connectivity index (χ4n) is 2.09. The molecule has 1 aromatic heterocycles. The van der Waals surface area contributed by atoms with Gasteiger partial charge in [-0.25, -0.2) is 0 Å². The van der Waals surface area contributed by atoms with Crippen molar-refractivity contribution in [2.75, 3.05) is 13.2 Å². The van der Waals surface area contributed by atoms with Crippen molar-refractivity contribution in [3.05, 3.63) is 46.7 Å². The summed E-state index contributed by atoms with van der Waals surface area (Å²) in [7, 11) is 0. The third kappa shape index (κ3) is 3.17. The highest BCUT2D eigenvalue weighted by molar-refractivity contribution is 7.10. The monoisotopic (exact) mass is 304 g/mol. The number of benzene rings is 1. The smallest absolute Gasteiger partial charge is 0.242 e. The van der Waals surface area contributed by atoms with Gasteiger partial charge in [0, 0.05) is 4.88 Å². The van der Waals surface area contributed by atoms with E-state index in [0.29, 0.717) is 18.9 Å². The highest BCUT2D eigenvalue weighted by Gasteiger charge is 2.23. The molecule has 6 heteroatoms. The van der Waals surface area contributed by atoms with Gasteiger partial charge in [0.25, 0.3) is 0 Å². The van der Waals surface area contributed by atoms with Crippen molar-refractivity contribution >= 4 is 17.2 Å². The molecule has 110 valence electrons. The second kappa shape index (κ2) is 6.15. The van der Waals surface area contributed by atoms with Crippen molar-refractivity contribution in [3.8, 4) is 11.5 Å². The summed E-state index contributed by atoms with van der Waals surface area (Å²) in [6, 6.07) is 10.6. The van der Waals surface area contributed by atoms with Crippen LogP contribution in [-0.4, -0.2) is 25.2 Å². The van der Waals surface area contributed by atoms with E-state index in [1.54, 1.807) is 0 Å². The van der Waals surface area contributed by atoms with Gasteiger partial charge in [-0.2, -0.15) is 0 Å². The van der Waals surface area contributed by atoms with Crippen LogP contribution < -0.4 is 20.5 Å². The molecule has 3 N–H and O–H groups in total. The molecule has 21 heavy (non-hydrogen) atoms. The van der Waals surface area contributed by atoms with Crippen molar-refractivity contribution in [1.29, 1.82) is 0 Å². The average Bonchev–Trinajstić information content (AvgIpc) is 3.06. The number of rotatable bonds is 4. The zero-order valence-electron chi connectivity index (χ0n) is 11.3. The number of hydrogen-bond donors (Lipinski definition) is 2. The maximum absolute atomic E-state index is 12.0. The first-order valence-electron chi connectivity index (χ1n) is 6.69. The molecule has 5 nitrogen and oxygen atoms in total. The Bertz CT molecular complexity index is 615. The van der Waals surface area contributed by atoms with E-state index < -0.39 is 6.04 Å². The largest absolute Gasteiger partial charge is 0.486 e. The molecule has 0 spiro atoms. The van der Waals surface area contributed by atoms with Crippen molar-refractivity contribution in [2.45, 2.75) is 12.1 Å². The second-order valence-electron chi connectivity index (χ2n) is 4.74. The van der Waals surface area contributed by atoms with E-state index in [0.717, 1.165) is 10.6 Å².